The maximum absolute atomic E-state index is 12.9. The summed E-state index contributed by atoms with van der Waals surface area (Å²) >= 11 is 0. The molecule has 440 valence electrons. The van der Waals surface area contributed by atoms with E-state index in [1.807, 2.05) is 0 Å². The second-order valence-corrected chi connectivity index (χ2v) is 19.8. The lowest BCUT2D eigenvalue weighted by Gasteiger charge is -2.18. The van der Waals surface area contributed by atoms with Crippen molar-refractivity contribution in [3.05, 3.63) is 182 Å². The number of ether oxygens (including phenoxy) is 3. The Morgan fingerprint density at radius 1 is 0.253 bits per heavy atom. The van der Waals surface area contributed by atoms with E-state index in [4.69, 9.17) is 14.2 Å². The lowest BCUT2D eigenvalue weighted by atomic mass is 10.1. The largest absolute Gasteiger partial charge is 0.462 e. The Kier molecular flexibility index (Phi) is 60.5. The molecule has 0 aliphatic carbocycles. The van der Waals surface area contributed by atoms with Gasteiger partial charge in [-0.25, -0.2) is 0 Å². The van der Waals surface area contributed by atoms with Crippen molar-refractivity contribution in [3.8, 4) is 0 Å². The monoisotopic (exact) mass is 1080 g/mol. The lowest BCUT2D eigenvalue weighted by Crippen LogP contribution is -2.30. The van der Waals surface area contributed by atoms with Gasteiger partial charge in [-0.15, -0.1) is 0 Å². The fourth-order valence-electron chi connectivity index (χ4n) is 7.82. The van der Waals surface area contributed by atoms with E-state index in [2.05, 4.69) is 203 Å². The molecule has 6 heteroatoms. The van der Waals surface area contributed by atoms with Gasteiger partial charge < -0.3 is 14.2 Å². The van der Waals surface area contributed by atoms with Gasteiger partial charge in [0.1, 0.15) is 13.2 Å². The summed E-state index contributed by atoms with van der Waals surface area (Å²) in [4.78, 5) is 38.2. The van der Waals surface area contributed by atoms with Gasteiger partial charge in [0.05, 0.1) is 0 Å². The summed E-state index contributed by atoms with van der Waals surface area (Å²) < 4.78 is 16.8. The molecule has 0 radical (unpaired) electrons. The van der Waals surface area contributed by atoms with E-state index in [-0.39, 0.29) is 37.5 Å². The van der Waals surface area contributed by atoms with E-state index >= 15 is 0 Å². The zero-order valence-electron chi connectivity index (χ0n) is 50.3. The quantitative estimate of drug-likeness (QED) is 0.0261. The summed E-state index contributed by atoms with van der Waals surface area (Å²) in [5.41, 5.74) is 0. The number of hydrogen-bond donors (Lipinski definition) is 0. The summed E-state index contributed by atoms with van der Waals surface area (Å²) in [7, 11) is 0. The second-order valence-electron chi connectivity index (χ2n) is 19.8. The Hall–Kier alpha value is -5.49. The van der Waals surface area contributed by atoms with Crippen LogP contribution in [0.3, 0.4) is 0 Å². The van der Waals surface area contributed by atoms with Crippen molar-refractivity contribution in [2.24, 2.45) is 0 Å². The molecule has 0 rings (SSSR count). The molecule has 0 saturated heterocycles. The van der Waals surface area contributed by atoms with Crippen LogP contribution >= 0.6 is 0 Å². The minimum Gasteiger partial charge on any atom is -0.462 e. The smallest absolute Gasteiger partial charge is 0.306 e. The number of hydrogen-bond acceptors (Lipinski definition) is 6. The summed E-state index contributed by atoms with van der Waals surface area (Å²) in [5.74, 6) is -1.03. The first-order valence-electron chi connectivity index (χ1n) is 31.3. The molecule has 1 unspecified atom stereocenters. The number of esters is 3. The van der Waals surface area contributed by atoms with Crippen LogP contribution in [0.1, 0.15) is 239 Å². The van der Waals surface area contributed by atoms with E-state index in [1.165, 1.54) is 38.5 Å². The highest BCUT2D eigenvalue weighted by Gasteiger charge is 2.19. The minimum absolute atomic E-state index is 0.122. The van der Waals surface area contributed by atoms with Crippen LogP contribution in [0.4, 0.5) is 0 Å². The Balaban J connectivity index is 4.40. The highest BCUT2D eigenvalue weighted by Crippen LogP contribution is 2.14. The molecule has 0 fully saturated rings. The molecule has 79 heavy (non-hydrogen) atoms. The van der Waals surface area contributed by atoms with Gasteiger partial charge in [-0.1, -0.05) is 254 Å². The fraction of sp³-hybridized carbons (Fsp3) is 0.548. The molecular weight excluding hydrogens is 973 g/mol. The molecule has 0 aromatic rings. The summed E-state index contributed by atoms with van der Waals surface area (Å²) in [6.45, 7) is 6.20. The first kappa shape index (κ1) is 73.5. The number of carbonyl (C=O) groups is 3. The Morgan fingerprint density at radius 2 is 0.468 bits per heavy atom. The summed E-state index contributed by atoms with van der Waals surface area (Å²) in [6.07, 6.45) is 97.6. The predicted molar refractivity (Wildman–Crippen MR) is 343 cm³/mol. The van der Waals surface area contributed by atoms with Crippen molar-refractivity contribution in [2.45, 2.75) is 245 Å². The number of carbonyl (C=O) groups excluding carboxylic acids is 3. The highest BCUT2D eigenvalue weighted by atomic mass is 16.6. The molecule has 0 bridgehead atoms. The predicted octanol–water partition coefficient (Wildman–Crippen LogP) is 21.7. The zero-order chi connectivity index (χ0) is 57.1. The van der Waals surface area contributed by atoms with Gasteiger partial charge in [0.2, 0.25) is 0 Å². The standard InChI is InChI=1S/C73H112O6/c1-4-7-10-13-16-19-22-25-27-29-30-31-32-33-34-35-36-37-38-39-40-41-42-44-45-48-51-54-57-60-63-66-72(75)78-69-70(68-77-71(74)65-62-59-56-53-50-47-24-21-18-15-12-9-6-3)79-73(76)67-64-61-58-55-52-49-46-43-28-26-23-20-17-14-11-8-5-2/h7-12,16-21,25-28,30-31,33-34,36-37,39-40,46-47,49-50,55,58,70H,4-6,13-15,22-24,29,32,35,38,41-45,48,51-54,56-57,59-69H2,1-3H3/b10-7-,11-8-,12-9-,19-16-,20-17-,21-18-,27-25-,28-26-,31-30-,34-33-,37-36-,40-39-,49-46-,50-47-,58-55-. The number of allylic oxidation sites excluding steroid dienone is 30. The molecule has 0 heterocycles. The van der Waals surface area contributed by atoms with Crippen LogP contribution in [0.5, 0.6) is 0 Å². The van der Waals surface area contributed by atoms with Gasteiger partial charge in [0.25, 0.3) is 0 Å². The fourth-order valence-corrected chi connectivity index (χ4v) is 7.82. The van der Waals surface area contributed by atoms with E-state index in [0.29, 0.717) is 19.3 Å². The first-order chi connectivity index (χ1) is 39.0. The van der Waals surface area contributed by atoms with Crippen LogP contribution in [0.2, 0.25) is 0 Å². The maximum Gasteiger partial charge on any atom is 0.306 e. The third-order valence-electron chi connectivity index (χ3n) is 12.4. The van der Waals surface area contributed by atoms with Gasteiger partial charge in [-0.05, 0) is 148 Å². The number of unbranched alkanes of at least 4 members (excludes halogenated alkanes) is 13. The molecule has 0 spiro atoms. The Morgan fingerprint density at radius 3 is 0.759 bits per heavy atom. The molecule has 0 amide bonds. The Bertz CT molecular complexity index is 1870. The molecule has 0 aromatic heterocycles. The third-order valence-corrected chi connectivity index (χ3v) is 12.4. The normalized spacial score (nSPS) is 13.4. The van der Waals surface area contributed by atoms with Gasteiger partial charge in [-0.3, -0.25) is 14.4 Å². The van der Waals surface area contributed by atoms with Gasteiger partial charge in [0, 0.05) is 19.3 Å². The summed E-state index contributed by atoms with van der Waals surface area (Å²) in [5, 5.41) is 0. The van der Waals surface area contributed by atoms with Gasteiger partial charge in [-0.2, -0.15) is 0 Å². The second kappa shape index (κ2) is 65.0. The van der Waals surface area contributed by atoms with Crippen LogP contribution in [-0.2, 0) is 28.6 Å². The van der Waals surface area contributed by atoms with Crippen molar-refractivity contribution in [1.82, 2.24) is 0 Å². The molecular formula is C73H112O6. The topological polar surface area (TPSA) is 78.9 Å². The van der Waals surface area contributed by atoms with Crippen LogP contribution in [0.25, 0.3) is 0 Å². The molecule has 1 atom stereocenters. The van der Waals surface area contributed by atoms with Crippen molar-refractivity contribution in [1.29, 1.82) is 0 Å². The SMILES string of the molecule is CC/C=C\C/C=C\C/C=C\C/C=C\C/C=C\C/C=C\C/C=C\CCCCCCCCCCCC(=O)OCC(COC(=O)CCCCC/C=C\C/C=C\C/C=C\CC)OC(=O)CCC/C=C\C/C=C\C/C=C\C/C=C\C/C=C\CC. The van der Waals surface area contributed by atoms with E-state index < -0.39 is 6.10 Å². The van der Waals surface area contributed by atoms with Crippen molar-refractivity contribution in [2.75, 3.05) is 13.2 Å². The van der Waals surface area contributed by atoms with Crippen molar-refractivity contribution < 1.29 is 28.6 Å². The van der Waals surface area contributed by atoms with E-state index in [1.54, 1.807) is 0 Å². The molecule has 0 aliphatic rings. The van der Waals surface area contributed by atoms with Crippen molar-refractivity contribution >= 4 is 17.9 Å². The molecule has 0 saturated carbocycles. The van der Waals surface area contributed by atoms with Gasteiger partial charge in [0.15, 0.2) is 6.10 Å². The van der Waals surface area contributed by atoms with Crippen LogP contribution in [0.15, 0.2) is 182 Å². The average molecular weight is 1090 g/mol. The highest BCUT2D eigenvalue weighted by molar-refractivity contribution is 5.71. The molecule has 6 nitrogen and oxygen atoms in total. The molecule has 0 aromatic carbocycles. The van der Waals surface area contributed by atoms with Gasteiger partial charge >= 0.3 is 17.9 Å². The van der Waals surface area contributed by atoms with E-state index in [0.717, 1.165) is 154 Å². The van der Waals surface area contributed by atoms with Crippen LogP contribution in [-0.4, -0.2) is 37.2 Å². The van der Waals surface area contributed by atoms with E-state index in [9.17, 15) is 14.4 Å². The number of rotatable bonds is 54. The summed E-state index contributed by atoms with van der Waals surface area (Å²) in [6, 6.07) is 0. The molecule has 0 aliphatic heterocycles. The lowest BCUT2D eigenvalue weighted by molar-refractivity contribution is -0.167. The zero-order valence-corrected chi connectivity index (χ0v) is 50.3. The Labute approximate surface area is 484 Å². The third kappa shape index (κ3) is 63.2. The minimum atomic E-state index is -0.833. The first-order valence-corrected chi connectivity index (χ1v) is 31.3. The molecule has 0 N–H and O–H groups in total. The average Bonchev–Trinajstić information content (AvgIpc) is 3.45. The van der Waals surface area contributed by atoms with Crippen LogP contribution < -0.4 is 0 Å². The van der Waals surface area contributed by atoms with Crippen LogP contribution in [0, 0.1) is 0 Å². The maximum atomic E-state index is 12.9. The van der Waals surface area contributed by atoms with Crippen molar-refractivity contribution in [3.63, 3.8) is 0 Å².